The predicted octanol–water partition coefficient (Wildman–Crippen LogP) is 9.79. The van der Waals surface area contributed by atoms with Gasteiger partial charge in [-0.25, -0.2) is 0 Å². The Labute approximate surface area is 182 Å². The zero-order valence-corrected chi connectivity index (χ0v) is 19.0. The molecule has 0 spiro atoms. The second kappa shape index (κ2) is 26.2. The van der Waals surface area contributed by atoms with Gasteiger partial charge in [-0.3, -0.25) is 0 Å². The maximum atomic E-state index is 5.24. The van der Waals surface area contributed by atoms with E-state index in [0.717, 1.165) is 0 Å². The summed E-state index contributed by atoms with van der Waals surface area (Å²) < 4.78 is 0. The fourth-order valence-corrected chi connectivity index (χ4v) is 3.10. The second-order valence-electron chi connectivity index (χ2n) is 7.58. The van der Waals surface area contributed by atoms with Gasteiger partial charge in [-0.15, -0.1) is 0 Å². The Morgan fingerprint density at radius 2 is 0.759 bits per heavy atom. The molecule has 0 aliphatic heterocycles. The Morgan fingerprint density at radius 1 is 0.414 bits per heavy atom. The van der Waals surface area contributed by atoms with Crippen LogP contribution >= 0.6 is 0 Å². The SMILES string of the molecule is [CH]=C/C=C/C=C/C=C/C=C/C=C/C=C/CCCCCCCCCCCCCCC. The summed E-state index contributed by atoms with van der Waals surface area (Å²) in [4.78, 5) is 0. The minimum absolute atomic E-state index is 1.20. The lowest BCUT2D eigenvalue weighted by molar-refractivity contribution is 0.540. The van der Waals surface area contributed by atoms with Crippen molar-refractivity contribution >= 4 is 0 Å². The minimum atomic E-state index is 1.20. The zero-order valence-electron chi connectivity index (χ0n) is 19.0. The monoisotopic (exact) mass is 393 g/mol. The number of unbranched alkanes of at least 4 members (excludes halogenated alkanes) is 13. The van der Waals surface area contributed by atoms with E-state index in [1.165, 1.54) is 96.0 Å². The largest absolute Gasteiger partial charge is 0.0845 e. The van der Waals surface area contributed by atoms with Gasteiger partial charge in [0.1, 0.15) is 0 Å². The minimum Gasteiger partial charge on any atom is -0.0845 e. The Balaban J connectivity index is 3.37. The molecule has 161 valence electrons. The van der Waals surface area contributed by atoms with Crippen molar-refractivity contribution < 1.29 is 0 Å². The van der Waals surface area contributed by atoms with E-state index in [2.05, 4.69) is 31.2 Å². The van der Waals surface area contributed by atoms with Gasteiger partial charge in [-0.2, -0.15) is 0 Å². The lowest BCUT2D eigenvalue weighted by atomic mass is 10.0. The third-order valence-corrected chi connectivity index (χ3v) is 4.83. The Kier molecular flexibility index (Phi) is 24.5. The summed E-state index contributed by atoms with van der Waals surface area (Å²) in [7, 11) is 0. The Hall–Kier alpha value is -1.82. The van der Waals surface area contributed by atoms with E-state index in [1.807, 2.05) is 42.5 Å². The quantitative estimate of drug-likeness (QED) is 0.143. The van der Waals surface area contributed by atoms with Gasteiger partial charge in [0.25, 0.3) is 0 Å². The van der Waals surface area contributed by atoms with E-state index in [0.29, 0.717) is 0 Å². The van der Waals surface area contributed by atoms with Gasteiger partial charge in [0, 0.05) is 0 Å². The maximum absolute atomic E-state index is 5.24. The van der Waals surface area contributed by atoms with Crippen molar-refractivity contribution in [3.05, 3.63) is 85.6 Å². The number of hydrogen-bond acceptors (Lipinski definition) is 0. The highest BCUT2D eigenvalue weighted by molar-refractivity contribution is 5.20. The summed E-state index contributed by atoms with van der Waals surface area (Å²) in [5, 5.41) is 0. The van der Waals surface area contributed by atoms with E-state index in [4.69, 9.17) is 6.58 Å². The van der Waals surface area contributed by atoms with Crippen molar-refractivity contribution in [1.82, 2.24) is 0 Å². The first-order chi connectivity index (χ1) is 14.4. The Bertz CT molecular complexity index is 496. The predicted molar refractivity (Wildman–Crippen MR) is 134 cm³/mol. The summed E-state index contributed by atoms with van der Waals surface area (Å²) >= 11 is 0. The molecule has 1 radical (unpaired) electrons. The first-order valence-electron chi connectivity index (χ1n) is 11.9. The molecule has 0 unspecified atom stereocenters. The molecule has 0 aromatic carbocycles. The highest BCUT2D eigenvalue weighted by Gasteiger charge is 1.93. The van der Waals surface area contributed by atoms with Gasteiger partial charge in [0.2, 0.25) is 0 Å². The smallest absolute Gasteiger partial charge is 0.0348 e. The average Bonchev–Trinajstić information content (AvgIpc) is 2.74. The molecule has 0 heterocycles. The van der Waals surface area contributed by atoms with Crippen LogP contribution < -0.4 is 0 Å². The fourth-order valence-electron chi connectivity index (χ4n) is 3.10. The second-order valence-corrected chi connectivity index (χ2v) is 7.58. The van der Waals surface area contributed by atoms with Crippen LogP contribution in [0.25, 0.3) is 0 Å². The maximum Gasteiger partial charge on any atom is -0.0348 e. The highest BCUT2D eigenvalue weighted by atomic mass is 14.0. The van der Waals surface area contributed by atoms with Crippen LogP contribution in [0.4, 0.5) is 0 Å². The number of rotatable bonds is 20. The summed E-state index contributed by atoms with van der Waals surface area (Å²) in [6.45, 7) is 7.53. The average molecular weight is 394 g/mol. The molecule has 0 heteroatoms. The summed E-state index contributed by atoms with van der Waals surface area (Å²) in [6, 6.07) is 0. The molecule has 0 aliphatic carbocycles. The van der Waals surface area contributed by atoms with E-state index in [-0.39, 0.29) is 0 Å². The van der Waals surface area contributed by atoms with Gasteiger partial charge in [0.15, 0.2) is 0 Å². The van der Waals surface area contributed by atoms with Gasteiger partial charge < -0.3 is 0 Å². The van der Waals surface area contributed by atoms with Gasteiger partial charge in [-0.05, 0) is 12.8 Å². The number of allylic oxidation sites excluding steroid dienone is 13. The van der Waals surface area contributed by atoms with Crippen LogP contribution in [0.5, 0.6) is 0 Å². The van der Waals surface area contributed by atoms with Crippen molar-refractivity contribution in [2.45, 2.75) is 96.8 Å². The van der Waals surface area contributed by atoms with E-state index in [9.17, 15) is 0 Å². The molecule has 0 bridgehead atoms. The van der Waals surface area contributed by atoms with Crippen molar-refractivity contribution in [3.63, 3.8) is 0 Å². The summed E-state index contributed by atoms with van der Waals surface area (Å²) in [5.74, 6) is 0. The molecular formula is C29H45. The molecule has 0 aromatic rings. The standard InChI is InChI=1S/C29H45/c1-3-5-7-9-11-13-15-17-19-21-23-25-27-29-28-26-24-22-20-18-16-14-12-10-8-6-4-2/h1,3,5,7,9,11,13,15,17,19,21,23,25,27H,4,6,8,10,12,14,16,18,20,22,24,26,28-29H2,2H3/b3-1?,7-5+,11-9+,15-13+,19-17+,23-21+,27-25+. The zero-order chi connectivity index (χ0) is 21.1. The molecule has 29 heavy (non-hydrogen) atoms. The first kappa shape index (κ1) is 27.2. The van der Waals surface area contributed by atoms with Crippen LogP contribution in [-0.4, -0.2) is 0 Å². The van der Waals surface area contributed by atoms with Gasteiger partial charge >= 0.3 is 0 Å². The molecule has 0 nitrogen and oxygen atoms in total. The lowest BCUT2D eigenvalue weighted by Gasteiger charge is -2.02. The third-order valence-electron chi connectivity index (χ3n) is 4.83. The molecule has 0 aliphatic rings. The normalized spacial score (nSPS) is 12.9. The van der Waals surface area contributed by atoms with Crippen LogP contribution in [-0.2, 0) is 0 Å². The van der Waals surface area contributed by atoms with Crippen molar-refractivity contribution in [1.29, 1.82) is 0 Å². The van der Waals surface area contributed by atoms with E-state index < -0.39 is 0 Å². The molecule has 0 saturated heterocycles. The van der Waals surface area contributed by atoms with Crippen LogP contribution in [0.3, 0.4) is 0 Å². The fraction of sp³-hybridized carbons (Fsp3) is 0.517. The van der Waals surface area contributed by atoms with Crippen molar-refractivity contribution in [2.24, 2.45) is 0 Å². The van der Waals surface area contributed by atoms with Crippen LogP contribution in [0.15, 0.2) is 79.0 Å². The molecule has 0 amide bonds. The molecule has 0 N–H and O–H groups in total. The van der Waals surface area contributed by atoms with Gasteiger partial charge in [0.05, 0.1) is 0 Å². The lowest BCUT2D eigenvalue weighted by Crippen LogP contribution is -1.82. The van der Waals surface area contributed by atoms with Crippen LogP contribution in [0.1, 0.15) is 96.8 Å². The third kappa shape index (κ3) is 26.2. The van der Waals surface area contributed by atoms with Crippen LogP contribution in [0.2, 0.25) is 0 Å². The van der Waals surface area contributed by atoms with Crippen LogP contribution in [0, 0.1) is 6.58 Å². The molecule has 0 fully saturated rings. The topological polar surface area (TPSA) is 0 Å². The number of hydrogen-bond donors (Lipinski definition) is 0. The van der Waals surface area contributed by atoms with E-state index >= 15 is 0 Å². The molecule has 0 saturated carbocycles. The Morgan fingerprint density at radius 3 is 1.17 bits per heavy atom. The summed E-state index contributed by atoms with van der Waals surface area (Å²) in [5.41, 5.74) is 0. The van der Waals surface area contributed by atoms with Crippen molar-refractivity contribution in [3.8, 4) is 0 Å². The highest BCUT2D eigenvalue weighted by Crippen LogP contribution is 2.13. The molecule has 0 atom stereocenters. The van der Waals surface area contributed by atoms with Crippen molar-refractivity contribution in [2.75, 3.05) is 0 Å². The molecule has 0 rings (SSSR count). The van der Waals surface area contributed by atoms with E-state index in [1.54, 1.807) is 6.08 Å². The summed E-state index contributed by atoms with van der Waals surface area (Å²) in [6.07, 6.45) is 45.5. The van der Waals surface area contributed by atoms with Gasteiger partial charge in [-0.1, -0.05) is 170 Å². The first-order valence-corrected chi connectivity index (χ1v) is 11.9. The molecule has 0 aromatic heterocycles. The molecular weight excluding hydrogens is 348 g/mol.